The lowest BCUT2D eigenvalue weighted by Gasteiger charge is -2.11. The molecule has 0 amide bonds. The van der Waals surface area contributed by atoms with Gasteiger partial charge in [0.05, 0.1) is 12.3 Å². The molecule has 2 N–H and O–H groups in total. The van der Waals surface area contributed by atoms with Crippen LogP contribution in [0.25, 0.3) is 0 Å². The van der Waals surface area contributed by atoms with Gasteiger partial charge in [-0.2, -0.15) is 0 Å². The van der Waals surface area contributed by atoms with Gasteiger partial charge < -0.3 is 10.6 Å². The summed E-state index contributed by atoms with van der Waals surface area (Å²) in [7, 11) is -2.89. The molecule has 0 aliphatic rings. The fraction of sp³-hybridized carbons (Fsp3) is 0.533. The van der Waals surface area contributed by atoms with Crippen molar-refractivity contribution < 1.29 is 8.42 Å². The van der Waals surface area contributed by atoms with Gasteiger partial charge in [-0.05, 0) is 25.8 Å². The van der Waals surface area contributed by atoms with Crippen LogP contribution >= 0.6 is 24.0 Å². The zero-order valence-corrected chi connectivity index (χ0v) is 16.6. The SMILES string of the molecule is CCNC(=NCc1cccc(C)c1)NCCCS(C)(=O)=O.I. The Morgan fingerprint density at radius 3 is 2.59 bits per heavy atom. The summed E-state index contributed by atoms with van der Waals surface area (Å²) in [5.74, 6) is 0.907. The van der Waals surface area contributed by atoms with E-state index in [0.29, 0.717) is 25.5 Å². The van der Waals surface area contributed by atoms with E-state index in [-0.39, 0.29) is 29.7 Å². The average Bonchev–Trinajstić information content (AvgIpc) is 2.39. The van der Waals surface area contributed by atoms with Crippen LogP contribution in [0.4, 0.5) is 0 Å². The van der Waals surface area contributed by atoms with Crippen LogP contribution in [0.1, 0.15) is 24.5 Å². The van der Waals surface area contributed by atoms with Crippen molar-refractivity contribution in [2.75, 3.05) is 25.1 Å². The molecule has 0 spiro atoms. The topological polar surface area (TPSA) is 70.6 Å². The van der Waals surface area contributed by atoms with E-state index in [0.717, 1.165) is 12.1 Å². The maximum absolute atomic E-state index is 11.1. The molecule has 0 aliphatic heterocycles. The van der Waals surface area contributed by atoms with Crippen LogP contribution < -0.4 is 10.6 Å². The predicted molar refractivity (Wildman–Crippen MR) is 104 cm³/mol. The summed E-state index contributed by atoms with van der Waals surface area (Å²) >= 11 is 0. The van der Waals surface area contributed by atoms with Crippen molar-refractivity contribution in [1.29, 1.82) is 0 Å². The summed E-state index contributed by atoms with van der Waals surface area (Å²) in [6, 6.07) is 8.23. The molecule has 1 aromatic carbocycles. The van der Waals surface area contributed by atoms with E-state index in [1.165, 1.54) is 11.8 Å². The fourth-order valence-corrected chi connectivity index (χ4v) is 2.53. The first-order valence-corrected chi connectivity index (χ1v) is 9.22. The summed E-state index contributed by atoms with van der Waals surface area (Å²) in [4.78, 5) is 4.50. The highest BCUT2D eigenvalue weighted by atomic mass is 127. The smallest absolute Gasteiger partial charge is 0.191 e. The van der Waals surface area contributed by atoms with Crippen molar-refractivity contribution in [1.82, 2.24) is 10.6 Å². The normalized spacial score (nSPS) is 11.7. The molecule has 1 aromatic rings. The number of hydrogen-bond donors (Lipinski definition) is 2. The fourth-order valence-electron chi connectivity index (χ4n) is 1.86. The second-order valence-corrected chi connectivity index (χ2v) is 7.35. The van der Waals surface area contributed by atoms with Gasteiger partial charge in [0.15, 0.2) is 5.96 Å². The highest BCUT2D eigenvalue weighted by Gasteiger charge is 2.02. The Morgan fingerprint density at radius 2 is 2.00 bits per heavy atom. The number of hydrogen-bond acceptors (Lipinski definition) is 3. The summed E-state index contributed by atoms with van der Waals surface area (Å²) in [5, 5.41) is 6.31. The van der Waals surface area contributed by atoms with Gasteiger partial charge in [0.25, 0.3) is 0 Å². The predicted octanol–water partition coefficient (Wildman–Crippen LogP) is 2.10. The summed E-state index contributed by atoms with van der Waals surface area (Å²) in [6.45, 7) is 6.02. The minimum atomic E-state index is -2.89. The van der Waals surface area contributed by atoms with Crippen molar-refractivity contribution in [2.45, 2.75) is 26.8 Å². The largest absolute Gasteiger partial charge is 0.357 e. The molecular weight excluding hydrogens is 413 g/mol. The summed E-state index contributed by atoms with van der Waals surface area (Å²) in [5.41, 5.74) is 2.37. The third kappa shape index (κ3) is 9.99. The third-order valence-corrected chi connectivity index (χ3v) is 3.86. The van der Waals surface area contributed by atoms with Crippen molar-refractivity contribution in [3.8, 4) is 0 Å². The molecule has 0 aliphatic carbocycles. The second kappa shape index (κ2) is 10.8. The zero-order valence-electron chi connectivity index (χ0n) is 13.4. The number of aliphatic imine (C=N–C) groups is 1. The van der Waals surface area contributed by atoms with Gasteiger partial charge in [-0.3, -0.25) is 0 Å². The Kier molecular flexibility index (Phi) is 10.4. The van der Waals surface area contributed by atoms with Crippen LogP contribution in [0.3, 0.4) is 0 Å². The minimum absolute atomic E-state index is 0. The van der Waals surface area contributed by atoms with E-state index >= 15 is 0 Å². The molecule has 126 valence electrons. The second-order valence-electron chi connectivity index (χ2n) is 5.09. The van der Waals surface area contributed by atoms with Crippen molar-refractivity contribution >= 4 is 39.8 Å². The Morgan fingerprint density at radius 1 is 1.27 bits per heavy atom. The van der Waals surface area contributed by atoms with E-state index in [2.05, 4.69) is 34.7 Å². The first-order chi connectivity index (χ1) is 9.90. The van der Waals surface area contributed by atoms with E-state index in [4.69, 9.17) is 0 Å². The Hall–Kier alpha value is -0.830. The van der Waals surface area contributed by atoms with Crippen molar-refractivity contribution in [3.05, 3.63) is 35.4 Å². The van der Waals surface area contributed by atoms with Crippen LogP contribution in [-0.4, -0.2) is 39.5 Å². The number of nitrogens with one attached hydrogen (secondary N) is 2. The number of nitrogens with zero attached hydrogens (tertiary/aromatic N) is 1. The number of aryl methyl sites for hydroxylation is 1. The molecule has 0 saturated heterocycles. The van der Waals surface area contributed by atoms with Crippen molar-refractivity contribution in [2.24, 2.45) is 4.99 Å². The summed E-state index contributed by atoms with van der Waals surface area (Å²) in [6.07, 6.45) is 1.83. The van der Waals surface area contributed by atoms with Gasteiger partial charge in [-0.25, -0.2) is 13.4 Å². The molecule has 1 rings (SSSR count). The minimum Gasteiger partial charge on any atom is -0.357 e. The Bertz CT molecular complexity index is 574. The Labute approximate surface area is 150 Å². The highest BCUT2D eigenvalue weighted by Crippen LogP contribution is 2.04. The van der Waals surface area contributed by atoms with Crippen LogP contribution in [0, 0.1) is 6.92 Å². The van der Waals surface area contributed by atoms with E-state index < -0.39 is 9.84 Å². The van der Waals surface area contributed by atoms with Gasteiger partial charge in [-0.1, -0.05) is 29.8 Å². The number of halogens is 1. The van der Waals surface area contributed by atoms with Crippen LogP contribution in [0.5, 0.6) is 0 Å². The van der Waals surface area contributed by atoms with E-state index in [9.17, 15) is 8.42 Å². The molecule has 0 aromatic heterocycles. The van der Waals surface area contributed by atoms with Crippen LogP contribution in [0.15, 0.2) is 29.3 Å². The Balaban J connectivity index is 0.00000441. The molecule has 0 radical (unpaired) electrons. The number of sulfone groups is 1. The molecule has 0 heterocycles. The molecule has 0 unspecified atom stereocenters. The zero-order chi connectivity index (χ0) is 15.7. The monoisotopic (exact) mass is 439 g/mol. The lowest BCUT2D eigenvalue weighted by atomic mass is 10.1. The van der Waals surface area contributed by atoms with Crippen molar-refractivity contribution in [3.63, 3.8) is 0 Å². The van der Waals surface area contributed by atoms with Gasteiger partial charge in [0, 0.05) is 19.3 Å². The highest BCUT2D eigenvalue weighted by molar-refractivity contribution is 14.0. The number of rotatable bonds is 7. The molecule has 0 bridgehead atoms. The maximum Gasteiger partial charge on any atom is 0.191 e. The molecular formula is C15H26IN3O2S. The standard InChI is InChI=1S/C15H25N3O2S.HI/c1-4-16-15(17-9-6-10-21(3,19)20)18-12-14-8-5-7-13(2)11-14;/h5,7-8,11H,4,6,9-10,12H2,1-3H3,(H2,16,17,18);1H. The molecule has 0 fully saturated rings. The maximum atomic E-state index is 11.1. The van der Waals surface area contributed by atoms with Gasteiger partial charge in [0.1, 0.15) is 9.84 Å². The lowest BCUT2D eigenvalue weighted by molar-refractivity contribution is 0.598. The number of benzene rings is 1. The molecule has 7 heteroatoms. The lowest BCUT2D eigenvalue weighted by Crippen LogP contribution is -2.38. The van der Waals surface area contributed by atoms with Crippen LogP contribution in [0.2, 0.25) is 0 Å². The quantitative estimate of drug-likeness (QED) is 0.296. The number of guanidine groups is 1. The third-order valence-electron chi connectivity index (χ3n) is 2.83. The van der Waals surface area contributed by atoms with Gasteiger partial charge in [-0.15, -0.1) is 24.0 Å². The molecule has 22 heavy (non-hydrogen) atoms. The van der Waals surface area contributed by atoms with E-state index in [1.807, 2.05) is 19.1 Å². The van der Waals surface area contributed by atoms with E-state index in [1.54, 1.807) is 0 Å². The molecule has 0 saturated carbocycles. The first-order valence-electron chi connectivity index (χ1n) is 7.16. The average molecular weight is 439 g/mol. The van der Waals surface area contributed by atoms with Crippen LogP contribution in [-0.2, 0) is 16.4 Å². The molecule has 0 atom stereocenters. The van der Waals surface area contributed by atoms with Gasteiger partial charge >= 0.3 is 0 Å². The summed E-state index contributed by atoms with van der Waals surface area (Å²) < 4.78 is 22.1. The molecule has 5 nitrogen and oxygen atoms in total. The van der Waals surface area contributed by atoms with Gasteiger partial charge in [0.2, 0.25) is 0 Å². The first kappa shape index (κ1) is 21.2.